The van der Waals surface area contributed by atoms with Gasteiger partial charge in [-0.2, -0.15) is 0 Å². The Hall–Kier alpha value is -3.89. The predicted octanol–water partition coefficient (Wildman–Crippen LogP) is 3.97. The van der Waals surface area contributed by atoms with E-state index >= 15 is 4.39 Å². The largest absolute Gasteiger partial charge is 0.485 e. The number of nitrogens with one attached hydrogen (secondary N) is 1. The third-order valence-corrected chi connectivity index (χ3v) is 6.44. The number of nitrogens with zero attached hydrogens (tertiary/aromatic N) is 6. The van der Waals surface area contributed by atoms with Crippen molar-refractivity contribution in [2.75, 3.05) is 36.5 Å². The topological polar surface area (TPSA) is 97.6 Å². The fourth-order valence-corrected chi connectivity index (χ4v) is 4.66. The van der Waals surface area contributed by atoms with Crippen molar-refractivity contribution >= 4 is 23.4 Å². The van der Waals surface area contributed by atoms with Crippen LogP contribution in [0.25, 0.3) is 11.4 Å². The molecule has 5 rings (SSSR count). The van der Waals surface area contributed by atoms with Gasteiger partial charge in [0.2, 0.25) is 5.75 Å². The molecule has 4 heterocycles. The molecule has 1 aromatic carbocycles. The van der Waals surface area contributed by atoms with Gasteiger partial charge in [-0.3, -0.25) is 0 Å². The quantitative estimate of drug-likeness (QED) is 0.568. The lowest BCUT2D eigenvalue weighted by Crippen LogP contribution is -2.49. The number of imidazole rings is 1. The number of benzene rings is 1. The molecule has 190 valence electrons. The van der Waals surface area contributed by atoms with Gasteiger partial charge in [-0.15, -0.1) is 0 Å². The van der Waals surface area contributed by atoms with Crippen molar-refractivity contribution in [3.05, 3.63) is 42.7 Å². The van der Waals surface area contributed by atoms with E-state index in [1.54, 1.807) is 17.2 Å². The summed E-state index contributed by atoms with van der Waals surface area (Å²) in [4.78, 5) is 29.3. The zero-order valence-electron chi connectivity index (χ0n) is 20.6. The number of rotatable bonds is 5. The number of carbonyl (C=O) groups is 1. The molecule has 0 unspecified atom stereocenters. The molecule has 0 atom stereocenters. The van der Waals surface area contributed by atoms with Crippen LogP contribution < -0.4 is 15.0 Å². The van der Waals surface area contributed by atoms with Crippen LogP contribution in [-0.4, -0.2) is 68.9 Å². The van der Waals surface area contributed by atoms with Gasteiger partial charge in [0, 0.05) is 44.1 Å². The first-order chi connectivity index (χ1) is 17.4. The molecule has 1 saturated heterocycles. The Kier molecular flexibility index (Phi) is 6.62. The number of anilines is 3. The number of halogens is 1. The van der Waals surface area contributed by atoms with Crippen molar-refractivity contribution < 1.29 is 18.7 Å². The fraction of sp³-hybridized carbons (Fsp3) is 0.440. The predicted molar refractivity (Wildman–Crippen MR) is 133 cm³/mol. The molecule has 1 amide bonds. The average Bonchev–Trinajstić information content (AvgIpc) is 3.30. The van der Waals surface area contributed by atoms with Crippen LogP contribution in [0.3, 0.4) is 0 Å². The monoisotopic (exact) mass is 495 g/mol. The maximum Gasteiger partial charge on any atom is 0.410 e. The van der Waals surface area contributed by atoms with E-state index in [1.165, 1.54) is 12.4 Å². The van der Waals surface area contributed by atoms with E-state index in [9.17, 15) is 4.79 Å². The highest BCUT2D eigenvalue weighted by molar-refractivity contribution is 5.73. The lowest BCUT2D eigenvalue weighted by atomic mass is 10.0. The summed E-state index contributed by atoms with van der Waals surface area (Å²) < 4.78 is 28.1. The molecule has 0 spiro atoms. The van der Waals surface area contributed by atoms with Gasteiger partial charge in [0.25, 0.3) is 0 Å². The van der Waals surface area contributed by atoms with Gasteiger partial charge in [0.15, 0.2) is 11.6 Å². The van der Waals surface area contributed by atoms with Gasteiger partial charge in [-0.05, 0) is 44.9 Å². The van der Waals surface area contributed by atoms with Crippen LogP contribution >= 0.6 is 0 Å². The summed E-state index contributed by atoms with van der Waals surface area (Å²) >= 11 is 0. The fourth-order valence-electron chi connectivity index (χ4n) is 4.66. The van der Waals surface area contributed by atoms with Gasteiger partial charge in [-0.25, -0.2) is 24.1 Å². The number of fused-ring (bicyclic) bond motifs is 1. The van der Waals surface area contributed by atoms with Crippen molar-refractivity contribution in [3.8, 4) is 17.1 Å². The van der Waals surface area contributed by atoms with E-state index in [0.717, 1.165) is 12.8 Å². The molecule has 2 aliphatic rings. The van der Waals surface area contributed by atoms with Crippen LogP contribution in [0.1, 0.15) is 26.7 Å². The summed E-state index contributed by atoms with van der Waals surface area (Å²) in [6.07, 6.45) is 6.13. The van der Waals surface area contributed by atoms with Crippen molar-refractivity contribution in [1.82, 2.24) is 24.4 Å². The second kappa shape index (κ2) is 10.00. The minimum absolute atomic E-state index is 0.139. The average molecular weight is 496 g/mol. The van der Waals surface area contributed by atoms with Gasteiger partial charge in [0.05, 0.1) is 18.3 Å². The van der Waals surface area contributed by atoms with E-state index in [4.69, 9.17) is 9.47 Å². The number of hydrogen-bond donors (Lipinski definition) is 1. The highest BCUT2D eigenvalue weighted by Crippen LogP contribution is 2.39. The smallest absolute Gasteiger partial charge is 0.410 e. The highest BCUT2D eigenvalue weighted by atomic mass is 19.1. The Balaban J connectivity index is 1.32. The van der Waals surface area contributed by atoms with Crippen LogP contribution in [0.2, 0.25) is 0 Å². The normalized spacial score (nSPS) is 16.0. The van der Waals surface area contributed by atoms with Crippen LogP contribution in [0.15, 0.2) is 36.9 Å². The third kappa shape index (κ3) is 4.77. The Bertz CT molecular complexity index is 1240. The molecular formula is C25H30FN7O3. The molecule has 2 aromatic heterocycles. The van der Waals surface area contributed by atoms with E-state index in [1.807, 2.05) is 37.7 Å². The number of hydrogen-bond acceptors (Lipinski definition) is 8. The highest BCUT2D eigenvalue weighted by Gasteiger charge is 2.33. The van der Waals surface area contributed by atoms with Crippen molar-refractivity contribution in [1.29, 1.82) is 0 Å². The second-order valence-corrected chi connectivity index (χ2v) is 9.25. The summed E-state index contributed by atoms with van der Waals surface area (Å²) in [6, 6.07) is 5.13. The van der Waals surface area contributed by atoms with Gasteiger partial charge in [-0.1, -0.05) is 0 Å². The summed E-state index contributed by atoms with van der Waals surface area (Å²) in [7, 11) is 1.86. The minimum atomic E-state index is -0.420. The van der Waals surface area contributed by atoms with Crippen molar-refractivity contribution in [2.24, 2.45) is 7.05 Å². The number of aryl methyl sites for hydroxylation is 1. The van der Waals surface area contributed by atoms with E-state index in [-0.39, 0.29) is 23.9 Å². The molecule has 2 aliphatic heterocycles. The molecule has 1 N–H and O–H groups in total. The lowest BCUT2D eigenvalue weighted by molar-refractivity contribution is 0.0687. The Morgan fingerprint density at radius 2 is 2.00 bits per heavy atom. The van der Waals surface area contributed by atoms with E-state index in [0.29, 0.717) is 55.0 Å². The van der Waals surface area contributed by atoms with Crippen molar-refractivity contribution in [2.45, 2.75) is 38.8 Å². The molecule has 3 aromatic rings. The minimum Gasteiger partial charge on any atom is -0.485 e. The molecule has 0 saturated carbocycles. The first-order valence-electron chi connectivity index (χ1n) is 12.1. The third-order valence-electron chi connectivity index (χ3n) is 6.44. The van der Waals surface area contributed by atoms with Gasteiger partial charge in [0.1, 0.15) is 24.6 Å². The number of carbonyl (C=O) groups excluding carboxylic acids is 1. The summed E-state index contributed by atoms with van der Waals surface area (Å²) in [6.45, 7) is 6.07. The Morgan fingerprint density at radius 3 is 2.69 bits per heavy atom. The first-order valence-corrected chi connectivity index (χ1v) is 12.1. The Morgan fingerprint density at radius 1 is 1.19 bits per heavy atom. The van der Waals surface area contributed by atoms with Crippen LogP contribution in [0.5, 0.6) is 5.75 Å². The number of likely N-dealkylation sites (tertiary alicyclic amines) is 1. The van der Waals surface area contributed by atoms with Crippen molar-refractivity contribution in [3.63, 3.8) is 0 Å². The van der Waals surface area contributed by atoms with Crippen LogP contribution in [0, 0.1) is 5.82 Å². The number of ether oxygens (including phenoxy) is 2. The zero-order chi connectivity index (χ0) is 25.2. The second-order valence-electron chi connectivity index (χ2n) is 9.25. The molecular weight excluding hydrogens is 465 g/mol. The zero-order valence-corrected chi connectivity index (χ0v) is 20.6. The van der Waals surface area contributed by atoms with Crippen LogP contribution in [0.4, 0.5) is 26.5 Å². The molecule has 10 nitrogen and oxygen atoms in total. The Labute approximate surface area is 209 Å². The standard InChI is InChI=1S/C25H30FN7O3/c1-16(2)36-25(34)32-9-6-18(7-10-32)33-12-13-35-21-22(28-15-29-24(21)33)30-20-5-4-17(14-19(20)26)23-27-8-11-31(23)3/h4-5,8,11,14-16,18H,6-7,9-10,12-13H2,1-3H3,(H,28,29,30). The van der Waals surface area contributed by atoms with Crippen LogP contribution in [-0.2, 0) is 11.8 Å². The summed E-state index contributed by atoms with van der Waals surface area (Å²) in [5, 5.41) is 3.08. The molecule has 0 radical (unpaired) electrons. The SMILES string of the molecule is CC(C)OC(=O)N1CCC(N2CCOc3c(Nc4ccc(-c5nccn5C)cc4F)ncnc32)CC1. The molecule has 0 aliphatic carbocycles. The number of aromatic nitrogens is 4. The molecule has 0 bridgehead atoms. The van der Waals surface area contributed by atoms with E-state index in [2.05, 4.69) is 25.2 Å². The number of piperidine rings is 1. The van der Waals surface area contributed by atoms with Gasteiger partial charge < -0.3 is 29.2 Å². The molecule has 36 heavy (non-hydrogen) atoms. The molecule has 11 heteroatoms. The first kappa shape index (κ1) is 23.8. The molecule has 1 fully saturated rings. The lowest BCUT2D eigenvalue weighted by Gasteiger charge is -2.41. The summed E-state index contributed by atoms with van der Waals surface area (Å²) in [5.74, 6) is 1.84. The maximum atomic E-state index is 15.0. The summed E-state index contributed by atoms with van der Waals surface area (Å²) in [5.41, 5.74) is 0.966. The number of amides is 1. The van der Waals surface area contributed by atoms with E-state index < -0.39 is 5.82 Å². The maximum absolute atomic E-state index is 15.0. The van der Waals surface area contributed by atoms with Gasteiger partial charge >= 0.3 is 6.09 Å².